The summed E-state index contributed by atoms with van der Waals surface area (Å²) in [5.74, 6) is 0.470. The van der Waals surface area contributed by atoms with E-state index in [0.29, 0.717) is 22.7 Å². The van der Waals surface area contributed by atoms with E-state index in [9.17, 15) is 13.6 Å². The molecule has 0 spiro atoms. The van der Waals surface area contributed by atoms with Gasteiger partial charge in [-0.25, -0.2) is 0 Å². The van der Waals surface area contributed by atoms with Gasteiger partial charge in [-0.3, -0.25) is 4.79 Å². The van der Waals surface area contributed by atoms with E-state index in [0.717, 1.165) is 24.6 Å². The van der Waals surface area contributed by atoms with Crippen molar-refractivity contribution < 1.29 is 27.5 Å². The third kappa shape index (κ3) is 3.28. The maximum absolute atomic E-state index is 12.9. The van der Waals surface area contributed by atoms with Crippen molar-refractivity contribution >= 4 is 23.4 Å². The minimum absolute atomic E-state index is 0.0525. The zero-order chi connectivity index (χ0) is 16.7. The number of nitrogens with zero attached hydrogens (tertiary/aromatic N) is 2. The number of benzene rings is 1. The average Bonchev–Trinajstić information content (AvgIpc) is 3.17. The van der Waals surface area contributed by atoms with Gasteiger partial charge in [-0.1, -0.05) is 11.8 Å². The zero-order valence-corrected chi connectivity index (χ0v) is 12.9. The van der Waals surface area contributed by atoms with E-state index < -0.39 is 6.29 Å². The van der Waals surface area contributed by atoms with Gasteiger partial charge in [0.2, 0.25) is 11.8 Å². The lowest BCUT2D eigenvalue weighted by atomic mass is 10.3. The largest absolute Gasteiger partial charge is 0.586 e. The molecule has 0 unspecified atom stereocenters. The van der Waals surface area contributed by atoms with Crippen LogP contribution in [0.3, 0.4) is 0 Å². The molecule has 1 saturated carbocycles. The third-order valence-corrected chi connectivity index (χ3v) is 4.18. The maximum atomic E-state index is 12.9. The number of rotatable bonds is 5. The molecule has 1 aliphatic carbocycles. The Morgan fingerprint density at radius 3 is 2.88 bits per heavy atom. The summed E-state index contributed by atoms with van der Waals surface area (Å²) in [5.41, 5.74) is 0.324. The minimum atomic E-state index is -3.68. The van der Waals surface area contributed by atoms with Gasteiger partial charge in [0.1, 0.15) is 0 Å². The van der Waals surface area contributed by atoms with Crippen LogP contribution in [0.25, 0.3) is 0 Å². The molecule has 1 N–H and O–H groups in total. The Bertz CT molecular complexity index is 794. The number of fused-ring (bicyclic) bond motifs is 1. The van der Waals surface area contributed by atoms with E-state index in [4.69, 9.17) is 4.42 Å². The number of halogens is 2. The number of carbonyl (C=O) groups excluding carboxylic acids is 1. The van der Waals surface area contributed by atoms with E-state index in [1.165, 1.54) is 18.2 Å². The Morgan fingerprint density at radius 1 is 1.29 bits per heavy atom. The second-order valence-electron chi connectivity index (χ2n) is 5.35. The summed E-state index contributed by atoms with van der Waals surface area (Å²) in [6.45, 7) is 0. The number of anilines is 1. The molecule has 1 aromatic carbocycles. The SMILES string of the molecule is O=C(CSc1nnc(C2CC2)o1)Nc1ccc2c(c1)OC(F)(F)O2. The number of hydrogen-bond acceptors (Lipinski definition) is 7. The number of nitrogens with one attached hydrogen (secondary N) is 1. The highest BCUT2D eigenvalue weighted by molar-refractivity contribution is 7.99. The molecule has 2 heterocycles. The first-order valence-corrected chi connectivity index (χ1v) is 8.13. The summed E-state index contributed by atoms with van der Waals surface area (Å²) in [4.78, 5) is 11.9. The number of hydrogen-bond donors (Lipinski definition) is 1. The van der Waals surface area contributed by atoms with Crippen molar-refractivity contribution in [3.8, 4) is 11.5 Å². The van der Waals surface area contributed by atoms with Crippen molar-refractivity contribution in [2.45, 2.75) is 30.3 Å². The van der Waals surface area contributed by atoms with Crippen molar-refractivity contribution in [2.75, 3.05) is 11.1 Å². The van der Waals surface area contributed by atoms with E-state index in [2.05, 4.69) is 25.0 Å². The molecule has 0 saturated heterocycles. The first-order chi connectivity index (χ1) is 11.5. The van der Waals surface area contributed by atoms with E-state index in [1.807, 2.05) is 0 Å². The Labute approximate surface area is 138 Å². The molecular formula is C14H11F2N3O4S. The molecule has 126 valence electrons. The molecule has 10 heteroatoms. The van der Waals surface area contributed by atoms with Gasteiger partial charge in [-0.05, 0) is 25.0 Å². The number of alkyl halides is 2. The van der Waals surface area contributed by atoms with Crippen LogP contribution in [-0.2, 0) is 4.79 Å². The van der Waals surface area contributed by atoms with Crippen LogP contribution in [0.5, 0.6) is 11.5 Å². The van der Waals surface area contributed by atoms with Crippen LogP contribution >= 0.6 is 11.8 Å². The highest BCUT2D eigenvalue weighted by Gasteiger charge is 2.43. The predicted molar refractivity (Wildman–Crippen MR) is 78.3 cm³/mol. The number of ether oxygens (including phenoxy) is 2. The van der Waals surface area contributed by atoms with Crippen molar-refractivity contribution in [1.29, 1.82) is 0 Å². The van der Waals surface area contributed by atoms with Crippen LogP contribution in [0.4, 0.5) is 14.5 Å². The van der Waals surface area contributed by atoms with Gasteiger partial charge in [0, 0.05) is 17.7 Å². The first-order valence-electron chi connectivity index (χ1n) is 7.14. The number of amides is 1. The Morgan fingerprint density at radius 2 is 2.08 bits per heavy atom. The van der Waals surface area contributed by atoms with Gasteiger partial charge in [-0.2, -0.15) is 0 Å². The predicted octanol–water partition coefficient (Wildman–Crippen LogP) is 3.00. The van der Waals surface area contributed by atoms with Crippen LogP contribution in [-0.4, -0.2) is 28.2 Å². The molecule has 2 aliphatic rings. The van der Waals surface area contributed by atoms with E-state index in [1.54, 1.807) is 0 Å². The van der Waals surface area contributed by atoms with Gasteiger partial charge in [0.05, 0.1) is 5.75 Å². The third-order valence-electron chi connectivity index (χ3n) is 3.36. The second kappa shape index (κ2) is 5.62. The standard InChI is InChI=1S/C14H11F2N3O4S/c15-14(16)22-9-4-3-8(5-10(9)23-14)17-11(20)6-24-13-19-18-12(21-13)7-1-2-7/h3-5,7H,1-2,6H2,(H,17,20). The lowest BCUT2D eigenvalue weighted by Crippen LogP contribution is -2.25. The molecule has 0 atom stereocenters. The molecule has 24 heavy (non-hydrogen) atoms. The zero-order valence-electron chi connectivity index (χ0n) is 12.1. The average molecular weight is 355 g/mol. The quantitative estimate of drug-likeness (QED) is 0.825. The van der Waals surface area contributed by atoms with Crippen molar-refractivity contribution in [2.24, 2.45) is 0 Å². The topological polar surface area (TPSA) is 86.5 Å². The summed E-state index contributed by atoms with van der Waals surface area (Å²) in [6.07, 6.45) is -1.58. The highest BCUT2D eigenvalue weighted by Crippen LogP contribution is 2.42. The van der Waals surface area contributed by atoms with Crippen LogP contribution in [0.15, 0.2) is 27.8 Å². The number of aromatic nitrogens is 2. The molecule has 2 aromatic rings. The summed E-state index contributed by atoms with van der Waals surface area (Å²) < 4.78 is 39.9. The van der Waals surface area contributed by atoms with Crippen molar-refractivity contribution in [3.05, 3.63) is 24.1 Å². The van der Waals surface area contributed by atoms with E-state index >= 15 is 0 Å². The van der Waals surface area contributed by atoms with Gasteiger partial charge in [0.25, 0.3) is 5.22 Å². The fraction of sp³-hybridized carbons (Fsp3) is 0.357. The van der Waals surface area contributed by atoms with Gasteiger partial charge >= 0.3 is 6.29 Å². The van der Waals surface area contributed by atoms with Crippen LogP contribution in [0.2, 0.25) is 0 Å². The van der Waals surface area contributed by atoms with Gasteiger partial charge in [0.15, 0.2) is 11.5 Å². The lowest BCUT2D eigenvalue weighted by Gasteiger charge is -2.05. The molecule has 1 amide bonds. The molecule has 0 bridgehead atoms. The summed E-state index contributed by atoms with van der Waals surface area (Å²) in [5, 5.41) is 10.7. The molecule has 0 radical (unpaired) electrons. The second-order valence-corrected chi connectivity index (χ2v) is 6.27. The highest BCUT2D eigenvalue weighted by atomic mass is 32.2. The molecule has 4 rings (SSSR count). The van der Waals surface area contributed by atoms with Crippen molar-refractivity contribution in [1.82, 2.24) is 10.2 Å². The monoisotopic (exact) mass is 355 g/mol. The summed E-state index contributed by atoms with van der Waals surface area (Å²) in [7, 11) is 0. The summed E-state index contributed by atoms with van der Waals surface area (Å²) >= 11 is 1.11. The smallest absolute Gasteiger partial charge is 0.416 e. The number of thioether (sulfide) groups is 1. The Kier molecular flexibility index (Phi) is 3.56. The first kappa shape index (κ1) is 15.2. The van der Waals surface area contributed by atoms with Gasteiger partial charge < -0.3 is 19.2 Å². The molecule has 1 aliphatic heterocycles. The van der Waals surface area contributed by atoms with Crippen LogP contribution in [0, 0.1) is 0 Å². The molecule has 1 fully saturated rings. The maximum Gasteiger partial charge on any atom is 0.586 e. The molecule has 1 aromatic heterocycles. The van der Waals surface area contributed by atoms with Crippen LogP contribution < -0.4 is 14.8 Å². The van der Waals surface area contributed by atoms with Crippen LogP contribution in [0.1, 0.15) is 24.7 Å². The van der Waals surface area contributed by atoms with Gasteiger partial charge in [-0.15, -0.1) is 19.0 Å². The molecule has 7 nitrogen and oxygen atoms in total. The minimum Gasteiger partial charge on any atom is -0.416 e. The fourth-order valence-electron chi connectivity index (χ4n) is 2.13. The van der Waals surface area contributed by atoms with Crippen molar-refractivity contribution in [3.63, 3.8) is 0 Å². The lowest BCUT2D eigenvalue weighted by molar-refractivity contribution is -0.286. The fourth-order valence-corrected chi connectivity index (χ4v) is 2.69. The Balaban J connectivity index is 1.33. The number of carbonyl (C=O) groups is 1. The normalized spacial score (nSPS) is 17.8. The Hall–Kier alpha value is -2.36. The molecular weight excluding hydrogens is 344 g/mol. The summed E-state index contributed by atoms with van der Waals surface area (Å²) in [6, 6.07) is 4.03. The van der Waals surface area contributed by atoms with E-state index in [-0.39, 0.29) is 23.2 Å².